The molecule has 0 fully saturated rings. The van der Waals surface area contributed by atoms with E-state index in [1.807, 2.05) is 0 Å². The van der Waals surface area contributed by atoms with Gasteiger partial charge >= 0.3 is 0 Å². The van der Waals surface area contributed by atoms with Gasteiger partial charge in [0.15, 0.2) is 8.87 Å². The van der Waals surface area contributed by atoms with E-state index in [-0.39, 0.29) is 0 Å². The zero-order valence-corrected chi connectivity index (χ0v) is 8.79. The van der Waals surface area contributed by atoms with E-state index in [1.54, 1.807) is 20.8 Å². The van der Waals surface area contributed by atoms with Crippen molar-refractivity contribution >= 4 is 19.7 Å². The standard InChI is InChI=1S/C6H14O3S2/c1-5(7)6(2,3)10-11(4,8)9/h5,7H,1-4H3. The molecule has 11 heavy (non-hydrogen) atoms. The van der Waals surface area contributed by atoms with Crippen LogP contribution < -0.4 is 0 Å². The maximum Gasteiger partial charge on any atom is 0.199 e. The van der Waals surface area contributed by atoms with Crippen molar-refractivity contribution in [3.63, 3.8) is 0 Å². The van der Waals surface area contributed by atoms with Crippen molar-refractivity contribution in [1.82, 2.24) is 0 Å². The van der Waals surface area contributed by atoms with Gasteiger partial charge in [0.25, 0.3) is 0 Å². The van der Waals surface area contributed by atoms with E-state index in [1.165, 1.54) is 0 Å². The maximum absolute atomic E-state index is 10.8. The minimum Gasteiger partial charge on any atom is -0.392 e. The number of rotatable bonds is 3. The highest BCUT2D eigenvalue weighted by molar-refractivity contribution is 8.72. The van der Waals surface area contributed by atoms with Crippen LogP contribution in [0.4, 0.5) is 0 Å². The summed E-state index contributed by atoms with van der Waals surface area (Å²) in [5.41, 5.74) is 0. The molecule has 0 aliphatic carbocycles. The van der Waals surface area contributed by atoms with Crippen LogP contribution in [0.3, 0.4) is 0 Å². The average Bonchev–Trinajstić information content (AvgIpc) is 1.56. The minimum absolute atomic E-state index is 0.631. The third-order valence-electron chi connectivity index (χ3n) is 1.37. The van der Waals surface area contributed by atoms with Crippen LogP contribution in [-0.4, -0.2) is 30.6 Å². The van der Waals surface area contributed by atoms with Gasteiger partial charge in [0.2, 0.25) is 0 Å². The fourth-order valence-corrected chi connectivity index (χ4v) is 4.14. The molecule has 0 amide bonds. The van der Waals surface area contributed by atoms with Gasteiger partial charge in [-0.15, -0.1) is 0 Å². The van der Waals surface area contributed by atoms with Crippen LogP contribution >= 0.6 is 10.8 Å². The summed E-state index contributed by atoms with van der Waals surface area (Å²) in [5.74, 6) is 0. The second kappa shape index (κ2) is 3.33. The lowest BCUT2D eigenvalue weighted by Crippen LogP contribution is -2.31. The first-order valence-electron chi connectivity index (χ1n) is 3.24. The lowest BCUT2D eigenvalue weighted by Gasteiger charge is -2.25. The Kier molecular flexibility index (Phi) is 3.41. The van der Waals surface area contributed by atoms with Crippen LogP contribution in [0.2, 0.25) is 0 Å². The second-order valence-electron chi connectivity index (χ2n) is 3.07. The van der Waals surface area contributed by atoms with E-state index in [2.05, 4.69) is 0 Å². The molecule has 1 atom stereocenters. The topological polar surface area (TPSA) is 54.4 Å². The largest absolute Gasteiger partial charge is 0.392 e. The zero-order valence-electron chi connectivity index (χ0n) is 7.16. The predicted molar refractivity (Wildman–Crippen MR) is 48.2 cm³/mol. The number of aliphatic hydroxyl groups is 1. The lowest BCUT2D eigenvalue weighted by molar-refractivity contribution is 0.162. The summed E-state index contributed by atoms with van der Waals surface area (Å²) < 4.78 is 21.0. The van der Waals surface area contributed by atoms with Crippen molar-refractivity contribution in [3.8, 4) is 0 Å². The normalized spacial score (nSPS) is 16.5. The summed E-state index contributed by atoms with van der Waals surface area (Å²) in [6.07, 6.45) is 0.504. The van der Waals surface area contributed by atoms with E-state index < -0.39 is 19.7 Å². The fourth-order valence-electron chi connectivity index (χ4n) is 0.460. The molecule has 0 radical (unpaired) electrons. The Morgan fingerprint density at radius 1 is 1.45 bits per heavy atom. The first kappa shape index (κ1) is 11.3. The predicted octanol–water partition coefficient (Wildman–Crippen LogP) is 0.839. The zero-order chi connectivity index (χ0) is 9.28. The Morgan fingerprint density at radius 2 is 1.82 bits per heavy atom. The molecule has 0 aromatic heterocycles. The molecule has 5 heteroatoms. The molecule has 0 spiro atoms. The number of hydrogen-bond acceptors (Lipinski definition) is 4. The fraction of sp³-hybridized carbons (Fsp3) is 1.00. The summed E-state index contributed by atoms with van der Waals surface area (Å²) in [6, 6.07) is 0. The highest BCUT2D eigenvalue weighted by Crippen LogP contribution is 2.31. The maximum atomic E-state index is 10.8. The molecule has 1 unspecified atom stereocenters. The van der Waals surface area contributed by atoms with Crippen LogP contribution in [0.1, 0.15) is 20.8 Å². The van der Waals surface area contributed by atoms with Crippen molar-refractivity contribution in [3.05, 3.63) is 0 Å². The first-order chi connectivity index (χ1) is 4.65. The van der Waals surface area contributed by atoms with Gasteiger partial charge in [0.05, 0.1) is 10.9 Å². The molecule has 0 heterocycles. The number of aliphatic hydroxyl groups excluding tert-OH is 1. The molecule has 0 rings (SSSR count). The summed E-state index contributed by atoms with van der Waals surface area (Å²) in [6.45, 7) is 4.98. The lowest BCUT2D eigenvalue weighted by atomic mass is 10.1. The van der Waals surface area contributed by atoms with Crippen molar-refractivity contribution in [1.29, 1.82) is 0 Å². The highest BCUT2D eigenvalue weighted by atomic mass is 33.1. The van der Waals surface area contributed by atoms with Gasteiger partial charge in [-0.1, -0.05) is 0 Å². The molecule has 1 N–H and O–H groups in total. The van der Waals surface area contributed by atoms with E-state index in [4.69, 9.17) is 5.11 Å². The van der Waals surface area contributed by atoms with Crippen molar-refractivity contribution in [2.75, 3.05) is 6.26 Å². The van der Waals surface area contributed by atoms with Gasteiger partial charge in [0, 0.05) is 6.26 Å². The molecule has 0 aromatic rings. The van der Waals surface area contributed by atoms with E-state index in [0.717, 1.165) is 17.0 Å². The molecule has 68 valence electrons. The van der Waals surface area contributed by atoms with E-state index in [0.29, 0.717) is 0 Å². The summed E-state index contributed by atoms with van der Waals surface area (Å²) in [5, 5.41) is 9.16. The van der Waals surface area contributed by atoms with Gasteiger partial charge in [-0.3, -0.25) is 0 Å². The third-order valence-corrected chi connectivity index (χ3v) is 4.64. The Morgan fingerprint density at radius 3 is 1.91 bits per heavy atom. The SMILES string of the molecule is CC(O)C(C)(C)SS(C)(=O)=O. The van der Waals surface area contributed by atoms with Gasteiger partial charge in [-0.25, -0.2) is 8.42 Å². The Labute approximate surface area is 71.5 Å². The van der Waals surface area contributed by atoms with E-state index >= 15 is 0 Å². The first-order valence-corrected chi connectivity index (χ1v) is 6.46. The molecular formula is C6H14O3S2. The van der Waals surface area contributed by atoms with Crippen LogP contribution in [0.5, 0.6) is 0 Å². The quantitative estimate of drug-likeness (QED) is 0.683. The summed E-state index contributed by atoms with van der Waals surface area (Å²) in [4.78, 5) is 0. The molecule has 3 nitrogen and oxygen atoms in total. The minimum atomic E-state index is -3.07. The number of hydrogen-bond donors (Lipinski definition) is 1. The molecule has 0 saturated carbocycles. The van der Waals surface area contributed by atoms with Gasteiger partial charge in [-0.2, -0.15) is 0 Å². The van der Waals surface area contributed by atoms with Gasteiger partial charge in [0.1, 0.15) is 0 Å². The highest BCUT2D eigenvalue weighted by Gasteiger charge is 2.29. The van der Waals surface area contributed by atoms with Crippen LogP contribution in [0.15, 0.2) is 0 Å². The second-order valence-corrected chi connectivity index (χ2v) is 8.01. The summed E-state index contributed by atoms with van der Waals surface area (Å²) in [7, 11) is -2.28. The van der Waals surface area contributed by atoms with E-state index in [9.17, 15) is 8.42 Å². The molecule has 0 aromatic carbocycles. The van der Waals surface area contributed by atoms with Crippen molar-refractivity contribution in [2.45, 2.75) is 31.6 Å². The van der Waals surface area contributed by atoms with Crippen molar-refractivity contribution < 1.29 is 13.5 Å². The Bertz CT molecular complexity index is 216. The molecule has 0 bridgehead atoms. The Hall–Kier alpha value is 0.260. The summed E-state index contributed by atoms with van der Waals surface area (Å²) >= 11 is 0. The van der Waals surface area contributed by atoms with Crippen LogP contribution in [-0.2, 0) is 8.87 Å². The molecular weight excluding hydrogens is 184 g/mol. The Balaban J connectivity index is 4.38. The van der Waals surface area contributed by atoms with Crippen LogP contribution in [0, 0.1) is 0 Å². The van der Waals surface area contributed by atoms with Crippen molar-refractivity contribution in [2.24, 2.45) is 0 Å². The smallest absolute Gasteiger partial charge is 0.199 e. The third kappa shape index (κ3) is 4.66. The van der Waals surface area contributed by atoms with Gasteiger partial charge < -0.3 is 5.11 Å². The molecule has 0 aliphatic rings. The average molecular weight is 198 g/mol. The monoisotopic (exact) mass is 198 g/mol. The molecule has 0 aliphatic heterocycles. The van der Waals surface area contributed by atoms with Crippen LogP contribution in [0.25, 0.3) is 0 Å². The van der Waals surface area contributed by atoms with Gasteiger partial charge in [-0.05, 0) is 31.6 Å². The molecule has 0 saturated heterocycles.